The van der Waals surface area contributed by atoms with Gasteiger partial charge in [-0.25, -0.2) is 4.39 Å². The van der Waals surface area contributed by atoms with Crippen molar-refractivity contribution < 1.29 is 4.39 Å². The van der Waals surface area contributed by atoms with Gasteiger partial charge in [0.25, 0.3) is 0 Å². The summed E-state index contributed by atoms with van der Waals surface area (Å²) < 4.78 is 13.5. The summed E-state index contributed by atoms with van der Waals surface area (Å²) in [7, 11) is 0. The van der Waals surface area contributed by atoms with Gasteiger partial charge in [-0.15, -0.1) is 0 Å². The van der Waals surface area contributed by atoms with Crippen molar-refractivity contribution in [2.45, 2.75) is 13.5 Å². The third kappa shape index (κ3) is 2.69. The molecule has 1 N–H and O–H groups in total. The highest BCUT2D eigenvalue weighted by Crippen LogP contribution is 2.26. The average molecular weight is 301 g/mol. The fraction of sp³-hybridized carbons (Fsp3) is 0.118. The van der Waals surface area contributed by atoms with E-state index in [0.717, 1.165) is 22.2 Å². The van der Waals surface area contributed by atoms with Gasteiger partial charge in [0.2, 0.25) is 0 Å². The van der Waals surface area contributed by atoms with Gasteiger partial charge in [-0.2, -0.15) is 0 Å². The Balaban J connectivity index is 1.92. The SMILES string of the molecule is Cc1c(F)cccc1NCc1ccc(Cl)c2cccnc12. The quantitative estimate of drug-likeness (QED) is 0.740. The zero-order valence-electron chi connectivity index (χ0n) is 11.5. The summed E-state index contributed by atoms with van der Waals surface area (Å²) in [4.78, 5) is 4.40. The fourth-order valence-corrected chi connectivity index (χ4v) is 2.54. The second kappa shape index (κ2) is 5.70. The smallest absolute Gasteiger partial charge is 0.128 e. The maximum absolute atomic E-state index is 13.5. The molecule has 0 spiro atoms. The molecule has 2 aromatic carbocycles. The highest BCUT2D eigenvalue weighted by molar-refractivity contribution is 6.35. The van der Waals surface area contributed by atoms with Gasteiger partial charge in [0.15, 0.2) is 0 Å². The number of fused-ring (bicyclic) bond motifs is 1. The van der Waals surface area contributed by atoms with Crippen LogP contribution in [0.4, 0.5) is 10.1 Å². The minimum Gasteiger partial charge on any atom is -0.381 e. The third-order valence-corrected chi connectivity index (χ3v) is 3.87. The number of nitrogens with zero attached hydrogens (tertiary/aromatic N) is 1. The molecule has 3 aromatic rings. The fourth-order valence-electron chi connectivity index (χ4n) is 2.33. The lowest BCUT2D eigenvalue weighted by molar-refractivity contribution is 0.619. The number of halogens is 2. The largest absolute Gasteiger partial charge is 0.381 e. The summed E-state index contributed by atoms with van der Waals surface area (Å²) in [6.45, 7) is 2.32. The number of pyridine rings is 1. The Kier molecular flexibility index (Phi) is 3.76. The highest BCUT2D eigenvalue weighted by Gasteiger charge is 2.07. The van der Waals surface area contributed by atoms with E-state index in [1.165, 1.54) is 6.07 Å². The molecule has 2 nitrogen and oxygen atoms in total. The zero-order chi connectivity index (χ0) is 14.8. The van der Waals surface area contributed by atoms with E-state index in [0.29, 0.717) is 17.1 Å². The van der Waals surface area contributed by atoms with Crippen LogP contribution in [0.3, 0.4) is 0 Å². The van der Waals surface area contributed by atoms with Crippen molar-refractivity contribution in [2.24, 2.45) is 0 Å². The third-order valence-electron chi connectivity index (χ3n) is 3.54. The molecule has 0 atom stereocenters. The first-order valence-electron chi connectivity index (χ1n) is 6.68. The van der Waals surface area contributed by atoms with Crippen LogP contribution in [0.5, 0.6) is 0 Å². The monoisotopic (exact) mass is 300 g/mol. The maximum atomic E-state index is 13.5. The van der Waals surface area contributed by atoms with Crippen molar-refractivity contribution in [3.05, 3.63) is 70.6 Å². The Morgan fingerprint density at radius 3 is 2.86 bits per heavy atom. The van der Waals surface area contributed by atoms with Crippen LogP contribution in [0.15, 0.2) is 48.7 Å². The molecule has 0 aliphatic rings. The lowest BCUT2D eigenvalue weighted by atomic mass is 10.1. The molecule has 4 heteroatoms. The van der Waals surface area contributed by atoms with Gasteiger partial charge in [0.1, 0.15) is 5.82 Å². The lowest BCUT2D eigenvalue weighted by Crippen LogP contribution is -2.03. The lowest BCUT2D eigenvalue weighted by Gasteiger charge is -2.12. The second-order valence-corrected chi connectivity index (χ2v) is 5.28. The Morgan fingerprint density at radius 1 is 1.14 bits per heavy atom. The molecular weight excluding hydrogens is 287 g/mol. The van der Waals surface area contributed by atoms with Crippen LogP contribution in [0.1, 0.15) is 11.1 Å². The van der Waals surface area contributed by atoms with E-state index in [9.17, 15) is 4.39 Å². The molecule has 1 heterocycles. The van der Waals surface area contributed by atoms with Crippen LogP contribution in [0.25, 0.3) is 10.9 Å². The van der Waals surface area contributed by atoms with Crippen LogP contribution in [-0.2, 0) is 6.54 Å². The number of aromatic nitrogens is 1. The van der Waals surface area contributed by atoms with Gasteiger partial charge in [-0.1, -0.05) is 23.7 Å². The molecule has 106 valence electrons. The number of hydrogen-bond acceptors (Lipinski definition) is 2. The van der Waals surface area contributed by atoms with Gasteiger partial charge < -0.3 is 5.32 Å². The number of hydrogen-bond donors (Lipinski definition) is 1. The van der Waals surface area contributed by atoms with Crippen molar-refractivity contribution >= 4 is 28.2 Å². The first-order valence-corrected chi connectivity index (χ1v) is 7.05. The standard InChI is InChI=1S/C17H14ClFN2/c1-11-15(19)5-2-6-16(11)21-10-12-7-8-14(18)13-4-3-9-20-17(12)13/h2-9,21H,10H2,1H3. The number of anilines is 1. The van der Waals surface area contributed by atoms with Crippen LogP contribution in [-0.4, -0.2) is 4.98 Å². The van der Waals surface area contributed by atoms with Gasteiger partial charge in [0, 0.05) is 34.4 Å². The average Bonchev–Trinajstić information content (AvgIpc) is 2.51. The predicted octanol–water partition coefficient (Wildman–Crippen LogP) is 4.95. The summed E-state index contributed by atoms with van der Waals surface area (Å²) in [5.41, 5.74) is 3.29. The summed E-state index contributed by atoms with van der Waals surface area (Å²) in [6.07, 6.45) is 1.75. The van der Waals surface area contributed by atoms with Crippen LogP contribution in [0.2, 0.25) is 5.02 Å². The summed E-state index contributed by atoms with van der Waals surface area (Å²) in [5, 5.41) is 4.87. The van der Waals surface area contributed by atoms with Crippen LogP contribution >= 0.6 is 11.6 Å². The molecule has 21 heavy (non-hydrogen) atoms. The van der Waals surface area contributed by atoms with Crippen molar-refractivity contribution in [3.8, 4) is 0 Å². The van der Waals surface area contributed by atoms with E-state index < -0.39 is 0 Å². The molecule has 3 rings (SSSR count). The van der Waals surface area contributed by atoms with Gasteiger partial charge in [-0.05, 0) is 42.8 Å². The molecule has 0 unspecified atom stereocenters. The predicted molar refractivity (Wildman–Crippen MR) is 85.2 cm³/mol. The van der Waals surface area contributed by atoms with Crippen molar-refractivity contribution in [1.82, 2.24) is 4.98 Å². The van der Waals surface area contributed by atoms with Crippen LogP contribution < -0.4 is 5.32 Å². The topological polar surface area (TPSA) is 24.9 Å². The Labute approximate surface area is 127 Å². The number of nitrogens with one attached hydrogen (secondary N) is 1. The highest BCUT2D eigenvalue weighted by atomic mass is 35.5. The maximum Gasteiger partial charge on any atom is 0.128 e. The minimum absolute atomic E-state index is 0.209. The first-order chi connectivity index (χ1) is 10.2. The molecule has 0 aliphatic carbocycles. The molecule has 0 aliphatic heterocycles. The molecule has 0 saturated heterocycles. The Hall–Kier alpha value is -2.13. The van der Waals surface area contributed by atoms with E-state index in [4.69, 9.17) is 11.6 Å². The van der Waals surface area contributed by atoms with Gasteiger partial charge in [-0.3, -0.25) is 4.98 Å². The first kappa shape index (κ1) is 13.8. The van der Waals surface area contributed by atoms with Crippen molar-refractivity contribution in [2.75, 3.05) is 5.32 Å². The Morgan fingerprint density at radius 2 is 2.00 bits per heavy atom. The van der Waals surface area contributed by atoms with Gasteiger partial charge in [0.05, 0.1) is 5.52 Å². The zero-order valence-corrected chi connectivity index (χ0v) is 12.3. The van der Waals surface area contributed by atoms with E-state index in [2.05, 4.69) is 10.3 Å². The molecule has 0 bridgehead atoms. The molecule has 0 amide bonds. The van der Waals surface area contributed by atoms with Crippen LogP contribution in [0, 0.1) is 12.7 Å². The summed E-state index contributed by atoms with van der Waals surface area (Å²) in [5.74, 6) is -0.209. The van der Waals surface area contributed by atoms with E-state index in [-0.39, 0.29) is 5.82 Å². The van der Waals surface area contributed by atoms with Crippen molar-refractivity contribution in [1.29, 1.82) is 0 Å². The van der Waals surface area contributed by atoms with Crippen molar-refractivity contribution in [3.63, 3.8) is 0 Å². The summed E-state index contributed by atoms with van der Waals surface area (Å²) in [6, 6.07) is 12.6. The van der Waals surface area contributed by atoms with E-state index in [1.807, 2.05) is 30.3 Å². The van der Waals surface area contributed by atoms with Gasteiger partial charge >= 0.3 is 0 Å². The molecule has 0 radical (unpaired) electrons. The second-order valence-electron chi connectivity index (χ2n) is 4.87. The normalized spacial score (nSPS) is 10.8. The Bertz CT molecular complexity index is 802. The number of benzene rings is 2. The summed E-state index contributed by atoms with van der Waals surface area (Å²) >= 11 is 6.18. The molecule has 0 saturated carbocycles. The number of rotatable bonds is 3. The van der Waals surface area contributed by atoms with E-state index >= 15 is 0 Å². The minimum atomic E-state index is -0.209. The van der Waals surface area contributed by atoms with E-state index in [1.54, 1.807) is 19.2 Å². The molecule has 0 fully saturated rings. The molecule has 1 aromatic heterocycles. The molecular formula is C17H14ClFN2.